The lowest BCUT2D eigenvalue weighted by atomic mass is 9.87. The predicted octanol–water partition coefficient (Wildman–Crippen LogP) is 5.12. The first kappa shape index (κ1) is 23.2. The quantitative estimate of drug-likeness (QED) is 0.543. The average Bonchev–Trinajstić information content (AvgIpc) is 3.25. The molecule has 1 aliphatic heterocycles. The summed E-state index contributed by atoms with van der Waals surface area (Å²) in [5.41, 5.74) is 2.90. The molecular weight excluding hydrogens is 431 g/mol. The molecular formula is C27H27FN4O2. The molecule has 0 bridgehead atoms. The monoisotopic (exact) mass is 458 g/mol. The van der Waals surface area contributed by atoms with Gasteiger partial charge in [0.25, 0.3) is 5.91 Å². The van der Waals surface area contributed by atoms with Gasteiger partial charge in [-0.05, 0) is 40.8 Å². The summed E-state index contributed by atoms with van der Waals surface area (Å²) in [6, 6.07) is 16.1. The summed E-state index contributed by atoms with van der Waals surface area (Å²) in [5.74, 6) is 0.113. The molecule has 1 fully saturated rings. The van der Waals surface area contributed by atoms with Crippen molar-refractivity contribution in [2.75, 3.05) is 31.1 Å². The van der Waals surface area contributed by atoms with Gasteiger partial charge in [-0.3, -0.25) is 4.79 Å². The maximum absolute atomic E-state index is 13.5. The molecule has 1 amide bonds. The molecule has 7 heteroatoms. The van der Waals surface area contributed by atoms with Crippen molar-refractivity contribution >= 4 is 23.9 Å². The zero-order valence-corrected chi connectivity index (χ0v) is 19.6. The third kappa shape index (κ3) is 5.18. The van der Waals surface area contributed by atoms with E-state index >= 15 is 0 Å². The van der Waals surface area contributed by atoms with Crippen LogP contribution < -0.4 is 4.90 Å². The molecule has 0 saturated carbocycles. The van der Waals surface area contributed by atoms with E-state index in [1.165, 1.54) is 23.8 Å². The molecule has 1 saturated heterocycles. The zero-order chi connectivity index (χ0) is 24.3. The molecule has 0 N–H and O–H groups in total. The van der Waals surface area contributed by atoms with Crippen molar-refractivity contribution in [2.45, 2.75) is 26.2 Å². The largest absolute Gasteiger partial charge is 0.420 e. The van der Waals surface area contributed by atoms with Gasteiger partial charge in [-0.2, -0.15) is 10.2 Å². The van der Waals surface area contributed by atoms with Crippen LogP contribution in [0.5, 0.6) is 0 Å². The number of oxazole rings is 1. The lowest BCUT2D eigenvalue weighted by Gasteiger charge is -2.34. The number of carbonyl (C=O) groups is 1. The van der Waals surface area contributed by atoms with Crippen LogP contribution in [0.15, 0.2) is 52.9 Å². The zero-order valence-electron chi connectivity index (χ0n) is 19.6. The maximum Gasteiger partial charge on any atom is 0.254 e. The Morgan fingerprint density at radius 1 is 1.09 bits per heavy atom. The molecule has 1 aliphatic rings. The second-order valence-corrected chi connectivity index (χ2v) is 9.31. The molecule has 0 atom stereocenters. The lowest BCUT2D eigenvalue weighted by molar-refractivity contribution is 0.0745. The van der Waals surface area contributed by atoms with Crippen LogP contribution >= 0.6 is 0 Å². The summed E-state index contributed by atoms with van der Waals surface area (Å²) >= 11 is 0. The molecule has 0 aliphatic carbocycles. The summed E-state index contributed by atoms with van der Waals surface area (Å²) in [6.07, 6.45) is 3.65. The van der Waals surface area contributed by atoms with Crippen LogP contribution in [0.3, 0.4) is 0 Å². The summed E-state index contributed by atoms with van der Waals surface area (Å²) in [7, 11) is 0. The molecule has 0 spiro atoms. The van der Waals surface area contributed by atoms with Crippen LogP contribution in [0, 0.1) is 17.1 Å². The Morgan fingerprint density at radius 2 is 1.79 bits per heavy atom. The average molecular weight is 459 g/mol. The minimum atomic E-state index is -0.435. The fourth-order valence-electron chi connectivity index (χ4n) is 3.87. The van der Waals surface area contributed by atoms with Crippen molar-refractivity contribution in [1.82, 2.24) is 9.88 Å². The van der Waals surface area contributed by atoms with E-state index in [1.54, 1.807) is 17.0 Å². The van der Waals surface area contributed by atoms with Gasteiger partial charge in [-0.1, -0.05) is 51.1 Å². The maximum atomic E-state index is 13.5. The van der Waals surface area contributed by atoms with Gasteiger partial charge in [-0.25, -0.2) is 4.39 Å². The van der Waals surface area contributed by atoms with E-state index in [0.717, 1.165) is 5.56 Å². The van der Waals surface area contributed by atoms with E-state index < -0.39 is 5.82 Å². The van der Waals surface area contributed by atoms with Crippen molar-refractivity contribution in [3.05, 3.63) is 82.6 Å². The molecule has 4 rings (SSSR count). The Bertz CT molecular complexity index is 1240. The van der Waals surface area contributed by atoms with Crippen molar-refractivity contribution < 1.29 is 13.6 Å². The molecule has 34 heavy (non-hydrogen) atoms. The third-order valence-electron chi connectivity index (χ3n) is 5.85. The first-order chi connectivity index (χ1) is 16.2. The fourth-order valence-corrected chi connectivity index (χ4v) is 3.87. The Balaban J connectivity index is 1.43. The Morgan fingerprint density at radius 3 is 2.41 bits per heavy atom. The highest BCUT2D eigenvalue weighted by atomic mass is 19.1. The minimum absolute atomic E-state index is 0.0906. The number of aromatic nitrogens is 1. The lowest BCUT2D eigenvalue weighted by Crippen LogP contribution is -2.48. The summed E-state index contributed by atoms with van der Waals surface area (Å²) in [6.45, 7) is 8.37. The molecule has 2 heterocycles. The van der Waals surface area contributed by atoms with E-state index in [0.29, 0.717) is 43.5 Å². The number of anilines is 1. The number of rotatable bonds is 4. The van der Waals surface area contributed by atoms with Crippen molar-refractivity contribution in [3.8, 4) is 6.07 Å². The minimum Gasteiger partial charge on any atom is -0.420 e. The van der Waals surface area contributed by atoms with Crippen LogP contribution in [0.4, 0.5) is 10.3 Å². The molecule has 0 radical (unpaired) electrons. The molecule has 1 aromatic heterocycles. The van der Waals surface area contributed by atoms with Crippen LogP contribution in [-0.2, 0) is 5.41 Å². The van der Waals surface area contributed by atoms with Gasteiger partial charge in [0.15, 0.2) is 0 Å². The number of carbonyl (C=O) groups excluding carboxylic acids is 1. The van der Waals surface area contributed by atoms with Gasteiger partial charge in [0, 0.05) is 37.8 Å². The topological polar surface area (TPSA) is 73.4 Å². The van der Waals surface area contributed by atoms with E-state index in [1.807, 2.05) is 23.1 Å². The summed E-state index contributed by atoms with van der Waals surface area (Å²) in [5, 5.41) is 9.55. The normalized spacial score (nSPS) is 14.4. The Kier molecular flexibility index (Phi) is 6.51. The van der Waals surface area contributed by atoms with Gasteiger partial charge in [0.2, 0.25) is 17.5 Å². The van der Waals surface area contributed by atoms with Crippen molar-refractivity contribution in [1.29, 1.82) is 5.26 Å². The molecule has 3 aromatic rings. The molecule has 6 nitrogen and oxygen atoms in total. The van der Waals surface area contributed by atoms with E-state index in [4.69, 9.17) is 4.42 Å². The van der Waals surface area contributed by atoms with E-state index in [-0.39, 0.29) is 17.0 Å². The summed E-state index contributed by atoms with van der Waals surface area (Å²) in [4.78, 5) is 20.6. The fraction of sp³-hybridized carbons (Fsp3) is 0.296. The number of hydrogen-bond acceptors (Lipinski definition) is 5. The second-order valence-electron chi connectivity index (χ2n) is 9.31. The van der Waals surface area contributed by atoms with Gasteiger partial charge >= 0.3 is 0 Å². The number of piperazine rings is 1. The van der Waals surface area contributed by atoms with Crippen LogP contribution in [0.1, 0.15) is 53.8 Å². The van der Waals surface area contributed by atoms with E-state index in [9.17, 15) is 14.4 Å². The first-order valence-corrected chi connectivity index (χ1v) is 11.2. The van der Waals surface area contributed by atoms with Gasteiger partial charge < -0.3 is 14.2 Å². The molecule has 2 aromatic carbocycles. The number of benzene rings is 2. The third-order valence-corrected chi connectivity index (χ3v) is 5.85. The number of nitrogens with zero attached hydrogens (tertiary/aromatic N) is 4. The molecule has 174 valence electrons. The van der Waals surface area contributed by atoms with Gasteiger partial charge in [0.1, 0.15) is 11.9 Å². The van der Waals surface area contributed by atoms with E-state index in [2.05, 4.69) is 44.0 Å². The smallest absolute Gasteiger partial charge is 0.254 e. The number of nitriles is 1. The standard InChI is InChI=1S/C27H27FN4O2/c1-27(2,3)21-10-7-19(8-11-21)9-12-24-30-23(18-29)26(34-24)32-15-13-31(14-16-32)25(33)20-5-4-6-22(28)17-20/h4-12,17H,13-16H2,1-3H3/b12-9+. The highest BCUT2D eigenvalue weighted by Gasteiger charge is 2.26. The predicted molar refractivity (Wildman–Crippen MR) is 130 cm³/mol. The molecule has 0 unspecified atom stereocenters. The van der Waals surface area contributed by atoms with Crippen LogP contribution in [-0.4, -0.2) is 42.0 Å². The second kappa shape index (κ2) is 9.52. The number of amides is 1. The van der Waals surface area contributed by atoms with Crippen LogP contribution in [0.2, 0.25) is 0 Å². The van der Waals surface area contributed by atoms with Crippen molar-refractivity contribution in [3.63, 3.8) is 0 Å². The number of hydrogen-bond donors (Lipinski definition) is 0. The SMILES string of the molecule is CC(C)(C)c1ccc(/C=C/c2nc(C#N)c(N3CCN(C(=O)c4cccc(F)c4)CC3)o2)cc1. The highest BCUT2D eigenvalue weighted by molar-refractivity contribution is 5.94. The Hall–Kier alpha value is -3.92. The van der Waals surface area contributed by atoms with Gasteiger partial charge in [-0.15, -0.1) is 0 Å². The summed E-state index contributed by atoms with van der Waals surface area (Å²) < 4.78 is 19.4. The van der Waals surface area contributed by atoms with Gasteiger partial charge in [0.05, 0.1) is 0 Å². The van der Waals surface area contributed by atoms with Crippen molar-refractivity contribution in [2.24, 2.45) is 0 Å². The Labute approximate surface area is 198 Å². The highest BCUT2D eigenvalue weighted by Crippen LogP contribution is 2.26. The number of halogens is 1. The first-order valence-electron chi connectivity index (χ1n) is 11.2. The van der Waals surface area contributed by atoms with Crippen LogP contribution in [0.25, 0.3) is 12.2 Å².